The van der Waals surface area contributed by atoms with E-state index in [1.165, 1.54) is 11.3 Å². The second-order valence-electron chi connectivity index (χ2n) is 7.85. The molecule has 0 radical (unpaired) electrons. The number of nitrogens with zero attached hydrogens (tertiary/aromatic N) is 2. The minimum atomic E-state index is -0.639. The summed E-state index contributed by atoms with van der Waals surface area (Å²) in [6.07, 6.45) is 3.43. The van der Waals surface area contributed by atoms with Gasteiger partial charge in [0.15, 0.2) is 16.3 Å². The molecule has 9 heteroatoms. The number of halogens is 1. The molecule has 4 rings (SSSR count). The second kappa shape index (κ2) is 11.1. The molecule has 0 aliphatic carbocycles. The van der Waals surface area contributed by atoms with Gasteiger partial charge in [-0.15, -0.1) is 0 Å². The maximum absolute atomic E-state index is 13.7. The summed E-state index contributed by atoms with van der Waals surface area (Å²) in [5.74, 6) is 0.591. The molecule has 0 saturated heterocycles. The van der Waals surface area contributed by atoms with Crippen LogP contribution in [0.3, 0.4) is 0 Å². The molecule has 0 bridgehead atoms. The largest absolute Gasteiger partial charge is 0.493 e. The van der Waals surface area contributed by atoms with E-state index in [1.54, 1.807) is 43.7 Å². The lowest BCUT2D eigenvalue weighted by molar-refractivity contribution is -0.139. The van der Waals surface area contributed by atoms with Gasteiger partial charge in [-0.3, -0.25) is 9.36 Å². The van der Waals surface area contributed by atoms with Crippen LogP contribution in [-0.4, -0.2) is 30.9 Å². The fourth-order valence-corrected chi connectivity index (χ4v) is 5.62. The van der Waals surface area contributed by atoms with Crippen LogP contribution >= 0.6 is 27.3 Å². The lowest BCUT2D eigenvalue weighted by Crippen LogP contribution is -2.39. The molecule has 0 spiro atoms. The van der Waals surface area contributed by atoms with Gasteiger partial charge >= 0.3 is 5.97 Å². The molecule has 7 nitrogen and oxygen atoms in total. The van der Waals surface area contributed by atoms with Crippen molar-refractivity contribution >= 4 is 39.3 Å². The summed E-state index contributed by atoms with van der Waals surface area (Å²) in [6, 6.07) is 12.4. The number of carbonyl (C=O) groups excluding carboxylic acids is 1. The molecule has 36 heavy (non-hydrogen) atoms. The Morgan fingerprint density at radius 3 is 2.69 bits per heavy atom. The average Bonchev–Trinajstić information content (AvgIpc) is 3.17. The van der Waals surface area contributed by atoms with E-state index in [-0.39, 0.29) is 12.2 Å². The summed E-state index contributed by atoms with van der Waals surface area (Å²) in [6.45, 7) is 7.74. The summed E-state index contributed by atoms with van der Waals surface area (Å²) in [5, 5.41) is 0. The SMILES string of the molecule is C=CCOc1c(Br)cc(C=c2sc3n(c2=O)[C@@H](c2ccccc2)C(C(=O)OCC)=C(C)N=3)cc1OC. The van der Waals surface area contributed by atoms with E-state index in [0.29, 0.717) is 43.2 Å². The highest BCUT2D eigenvalue weighted by Gasteiger charge is 2.33. The van der Waals surface area contributed by atoms with Crippen molar-refractivity contribution < 1.29 is 19.0 Å². The summed E-state index contributed by atoms with van der Waals surface area (Å²) >= 11 is 4.79. The fraction of sp³-hybridized carbons (Fsp3) is 0.222. The molecule has 1 aliphatic rings. The van der Waals surface area contributed by atoms with E-state index in [4.69, 9.17) is 14.2 Å². The Morgan fingerprint density at radius 1 is 1.28 bits per heavy atom. The van der Waals surface area contributed by atoms with Crippen molar-refractivity contribution in [3.05, 3.63) is 102 Å². The number of thiazole rings is 1. The number of carbonyl (C=O) groups is 1. The molecular weight excluding hydrogens is 544 g/mol. The van der Waals surface area contributed by atoms with Gasteiger partial charge in [-0.25, -0.2) is 9.79 Å². The van der Waals surface area contributed by atoms with Gasteiger partial charge < -0.3 is 14.2 Å². The van der Waals surface area contributed by atoms with E-state index < -0.39 is 12.0 Å². The molecule has 0 fully saturated rings. The van der Waals surface area contributed by atoms with Crippen molar-refractivity contribution in [2.75, 3.05) is 20.3 Å². The van der Waals surface area contributed by atoms with Gasteiger partial charge in [-0.05, 0) is 59.1 Å². The Kier molecular flexibility index (Phi) is 7.91. The number of esters is 1. The van der Waals surface area contributed by atoms with E-state index >= 15 is 0 Å². The van der Waals surface area contributed by atoms with Crippen LogP contribution in [0.2, 0.25) is 0 Å². The van der Waals surface area contributed by atoms with Crippen LogP contribution < -0.4 is 24.4 Å². The summed E-state index contributed by atoms with van der Waals surface area (Å²) < 4.78 is 19.3. The van der Waals surface area contributed by atoms with Gasteiger partial charge in [0.1, 0.15) is 6.61 Å². The number of methoxy groups -OCH3 is 1. The first kappa shape index (κ1) is 25.7. The van der Waals surface area contributed by atoms with Crippen LogP contribution in [0, 0.1) is 0 Å². The highest BCUT2D eigenvalue weighted by molar-refractivity contribution is 9.10. The van der Waals surface area contributed by atoms with Gasteiger partial charge in [0.25, 0.3) is 5.56 Å². The van der Waals surface area contributed by atoms with Crippen molar-refractivity contribution in [2.45, 2.75) is 19.9 Å². The molecular formula is C27H25BrN2O5S. The van der Waals surface area contributed by atoms with E-state index in [0.717, 1.165) is 11.1 Å². The molecule has 0 N–H and O–H groups in total. The quantitative estimate of drug-likeness (QED) is 0.301. The molecule has 1 aromatic heterocycles. The van der Waals surface area contributed by atoms with Crippen LogP contribution in [0.15, 0.2) is 80.6 Å². The molecule has 0 unspecified atom stereocenters. The predicted octanol–water partition coefficient (Wildman–Crippen LogP) is 4.13. The first-order chi connectivity index (χ1) is 17.4. The summed E-state index contributed by atoms with van der Waals surface area (Å²) in [5.41, 5.74) is 2.19. The fourth-order valence-electron chi connectivity index (χ4n) is 4.00. The smallest absolute Gasteiger partial charge is 0.338 e. The molecule has 2 heterocycles. The summed E-state index contributed by atoms with van der Waals surface area (Å²) in [7, 11) is 1.56. The van der Waals surface area contributed by atoms with Crippen LogP contribution in [-0.2, 0) is 9.53 Å². The Hall–Kier alpha value is -3.43. The highest BCUT2D eigenvalue weighted by atomic mass is 79.9. The minimum absolute atomic E-state index is 0.227. The van der Waals surface area contributed by atoms with Gasteiger partial charge in [0, 0.05) is 0 Å². The van der Waals surface area contributed by atoms with Crippen LogP contribution in [0.5, 0.6) is 11.5 Å². The third-order valence-electron chi connectivity index (χ3n) is 5.53. The lowest BCUT2D eigenvalue weighted by atomic mass is 9.96. The first-order valence-electron chi connectivity index (χ1n) is 11.2. The maximum Gasteiger partial charge on any atom is 0.338 e. The Bertz CT molecular complexity index is 1520. The lowest BCUT2D eigenvalue weighted by Gasteiger charge is -2.24. The monoisotopic (exact) mass is 568 g/mol. The van der Waals surface area contributed by atoms with Gasteiger partial charge in [-0.1, -0.05) is 54.3 Å². The number of ether oxygens (including phenoxy) is 3. The molecule has 2 aromatic carbocycles. The van der Waals surface area contributed by atoms with Crippen molar-refractivity contribution in [2.24, 2.45) is 4.99 Å². The molecule has 0 amide bonds. The number of rotatable bonds is 8. The normalized spacial score (nSPS) is 15.2. The number of aromatic nitrogens is 1. The van der Waals surface area contributed by atoms with E-state index in [2.05, 4.69) is 27.5 Å². The van der Waals surface area contributed by atoms with E-state index in [9.17, 15) is 9.59 Å². The first-order valence-corrected chi connectivity index (χ1v) is 12.9. The number of benzene rings is 2. The Labute approximate surface area is 220 Å². The van der Waals surface area contributed by atoms with Crippen molar-refractivity contribution in [1.82, 2.24) is 4.57 Å². The average molecular weight is 569 g/mol. The zero-order chi connectivity index (χ0) is 25.8. The van der Waals surface area contributed by atoms with Gasteiger partial charge in [-0.2, -0.15) is 0 Å². The minimum Gasteiger partial charge on any atom is -0.493 e. The van der Waals surface area contributed by atoms with Crippen molar-refractivity contribution in [1.29, 1.82) is 0 Å². The van der Waals surface area contributed by atoms with E-state index in [1.807, 2.05) is 36.4 Å². The zero-order valence-corrected chi connectivity index (χ0v) is 22.5. The molecule has 186 valence electrons. The number of allylic oxidation sites excluding steroid dienone is 1. The summed E-state index contributed by atoms with van der Waals surface area (Å²) in [4.78, 5) is 31.8. The predicted molar refractivity (Wildman–Crippen MR) is 143 cm³/mol. The molecule has 0 saturated carbocycles. The Morgan fingerprint density at radius 2 is 2.03 bits per heavy atom. The van der Waals surface area contributed by atoms with Crippen LogP contribution in [0.4, 0.5) is 0 Å². The topological polar surface area (TPSA) is 79.1 Å². The van der Waals surface area contributed by atoms with Gasteiger partial charge in [0.2, 0.25) is 0 Å². The van der Waals surface area contributed by atoms with Crippen molar-refractivity contribution in [3.8, 4) is 11.5 Å². The maximum atomic E-state index is 13.7. The highest BCUT2D eigenvalue weighted by Crippen LogP contribution is 2.37. The number of fused-ring (bicyclic) bond motifs is 1. The zero-order valence-electron chi connectivity index (χ0n) is 20.1. The van der Waals surface area contributed by atoms with Crippen LogP contribution in [0.25, 0.3) is 6.08 Å². The van der Waals surface area contributed by atoms with Gasteiger partial charge in [0.05, 0.1) is 40.0 Å². The Balaban J connectivity index is 1.89. The van der Waals surface area contributed by atoms with Crippen molar-refractivity contribution in [3.63, 3.8) is 0 Å². The third-order valence-corrected chi connectivity index (χ3v) is 7.10. The molecule has 1 aliphatic heterocycles. The molecule has 3 aromatic rings. The molecule has 1 atom stereocenters. The second-order valence-corrected chi connectivity index (χ2v) is 9.71. The standard InChI is InChI=1S/C27H25BrN2O5S/c1-5-12-35-24-19(28)13-17(14-20(24)33-4)15-21-25(31)30-23(18-10-8-7-9-11-18)22(26(32)34-6-2)16(3)29-27(30)36-21/h5,7-11,13-15,23H,1,6,12H2,2-4H3/t23-/m0/s1. The third kappa shape index (κ3) is 4.94. The van der Waals surface area contributed by atoms with Crippen LogP contribution in [0.1, 0.15) is 31.0 Å². The number of hydrogen-bond acceptors (Lipinski definition) is 7. The number of hydrogen-bond donors (Lipinski definition) is 0.